The maximum absolute atomic E-state index is 12.3. The van der Waals surface area contributed by atoms with Gasteiger partial charge in [-0.15, -0.1) is 0 Å². The molecule has 1 aromatic carbocycles. The van der Waals surface area contributed by atoms with Gasteiger partial charge in [-0.05, 0) is 50.3 Å². The summed E-state index contributed by atoms with van der Waals surface area (Å²) in [6.07, 6.45) is 5.64. The van der Waals surface area contributed by atoms with Crippen LogP contribution >= 0.6 is 11.6 Å². The van der Waals surface area contributed by atoms with E-state index in [1.807, 2.05) is 31.2 Å². The second kappa shape index (κ2) is 5.83. The van der Waals surface area contributed by atoms with E-state index in [0.29, 0.717) is 4.36 Å². The average Bonchev–Trinajstić information content (AvgIpc) is 2.39. The number of halogens is 1. The minimum absolute atomic E-state index is 0.563. The molecule has 0 bridgehead atoms. The quantitative estimate of drug-likeness (QED) is 0.771. The van der Waals surface area contributed by atoms with Crippen LogP contribution in [0.5, 0.6) is 0 Å². The second-order valence-electron chi connectivity index (χ2n) is 4.52. The molecule has 1 atom stereocenters. The third kappa shape index (κ3) is 3.20. The van der Waals surface area contributed by atoms with Gasteiger partial charge in [-0.3, -0.25) is 0 Å². The van der Waals surface area contributed by atoms with Gasteiger partial charge in [0.05, 0.1) is 10.8 Å². The lowest BCUT2D eigenvalue weighted by molar-refractivity contribution is 0.598. The van der Waals surface area contributed by atoms with Gasteiger partial charge in [0.1, 0.15) is 4.36 Å². The molecule has 0 saturated heterocycles. The fourth-order valence-electron chi connectivity index (χ4n) is 2.07. The van der Waals surface area contributed by atoms with Crippen LogP contribution in [0.25, 0.3) is 0 Å². The summed E-state index contributed by atoms with van der Waals surface area (Å²) >= 11 is 6.26. The highest BCUT2D eigenvalue weighted by Gasteiger charge is 2.15. The fourth-order valence-corrected chi connectivity index (χ4v) is 3.58. The first-order valence-corrected chi connectivity index (χ1v) is 7.57. The summed E-state index contributed by atoms with van der Waals surface area (Å²) in [6, 6.07) is 7.75. The number of hydrogen-bond acceptors (Lipinski definition) is 1. The summed E-state index contributed by atoms with van der Waals surface area (Å²) < 4.78 is 12.8. The van der Waals surface area contributed by atoms with Crippen LogP contribution in [0.2, 0.25) is 0 Å². The predicted octanol–water partition coefficient (Wildman–Crippen LogP) is 4.52. The van der Waals surface area contributed by atoms with Gasteiger partial charge in [0.2, 0.25) is 0 Å². The lowest BCUT2D eigenvalue weighted by Gasteiger charge is -2.15. The van der Waals surface area contributed by atoms with Gasteiger partial charge in [-0.2, -0.15) is 0 Å². The molecule has 1 aromatic rings. The van der Waals surface area contributed by atoms with E-state index in [1.165, 1.54) is 30.4 Å². The van der Waals surface area contributed by atoms with E-state index >= 15 is 0 Å². The van der Waals surface area contributed by atoms with E-state index in [9.17, 15) is 4.21 Å². The summed E-state index contributed by atoms with van der Waals surface area (Å²) in [5.74, 6) is 0. The minimum Gasteiger partial charge on any atom is -0.248 e. The van der Waals surface area contributed by atoms with Gasteiger partial charge in [0, 0.05) is 4.90 Å². The van der Waals surface area contributed by atoms with Crippen LogP contribution in [0.4, 0.5) is 0 Å². The number of rotatable bonds is 2. The highest BCUT2D eigenvalue weighted by atomic mass is 35.5. The third-order valence-corrected chi connectivity index (χ3v) is 5.14. The molecule has 1 saturated carbocycles. The summed E-state index contributed by atoms with van der Waals surface area (Å²) in [7, 11) is -1.19. The van der Waals surface area contributed by atoms with Crippen molar-refractivity contribution in [3.63, 3.8) is 0 Å². The molecule has 0 unspecified atom stereocenters. The van der Waals surface area contributed by atoms with Crippen molar-refractivity contribution in [3.05, 3.63) is 39.8 Å². The Balaban J connectivity index is 2.21. The molecule has 0 amide bonds. The number of benzene rings is 1. The molecular weight excluding hydrogens is 252 g/mol. The van der Waals surface area contributed by atoms with Crippen LogP contribution in [0.15, 0.2) is 39.1 Å². The van der Waals surface area contributed by atoms with Gasteiger partial charge in [-0.25, -0.2) is 4.21 Å². The van der Waals surface area contributed by atoms with Crippen LogP contribution in [0, 0.1) is 6.92 Å². The van der Waals surface area contributed by atoms with Gasteiger partial charge in [0.25, 0.3) is 0 Å². The molecule has 0 spiro atoms. The number of allylic oxidation sites excluding steroid dienone is 1. The van der Waals surface area contributed by atoms with Crippen LogP contribution in [0.1, 0.15) is 37.7 Å². The zero-order chi connectivity index (χ0) is 12.3. The average molecular weight is 269 g/mol. The topological polar surface area (TPSA) is 17.1 Å². The molecule has 2 rings (SSSR count). The van der Waals surface area contributed by atoms with Gasteiger partial charge in [-0.1, -0.05) is 35.7 Å². The monoisotopic (exact) mass is 268 g/mol. The normalized spacial score (nSPS) is 17.9. The van der Waals surface area contributed by atoms with Crippen molar-refractivity contribution in [1.82, 2.24) is 0 Å². The Labute approximate surface area is 110 Å². The molecule has 92 valence electrons. The van der Waals surface area contributed by atoms with Gasteiger partial charge >= 0.3 is 0 Å². The number of aryl methyl sites for hydroxylation is 1. The van der Waals surface area contributed by atoms with Crippen LogP contribution < -0.4 is 0 Å². The molecule has 1 aliphatic carbocycles. The largest absolute Gasteiger partial charge is 0.248 e. The minimum atomic E-state index is -1.19. The van der Waals surface area contributed by atoms with Crippen molar-refractivity contribution in [2.45, 2.75) is 43.9 Å². The zero-order valence-corrected chi connectivity index (χ0v) is 11.6. The maximum atomic E-state index is 12.3. The first-order valence-electron chi connectivity index (χ1n) is 6.04. The Morgan fingerprint density at radius 3 is 2.29 bits per heavy atom. The predicted molar refractivity (Wildman–Crippen MR) is 73.6 cm³/mol. The van der Waals surface area contributed by atoms with Gasteiger partial charge in [0.15, 0.2) is 0 Å². The standard InChI is InChI=1S/C14H17ClOS/c1-11-7-9-13(10-8-11)17(16)14(15)12-5-3-2-4-6-12/h7-10H,2-6H2,1H3/t17-/m1/s1. The van der Waals surface area contributed by atoms with E-state index in [0.717, 1.165) is 17.7 Å². The molecule has 0 aliphatic heterocycles. The smallest absolute Gasteiger partial charge is 0.109 e. The Kier molecular flexibility index (Phi) is 4.41. The molecular formula is C14H17ClOS. The second-order valence-corrected chi connectivity index (χ2v) is 6.54. The first-order chi connectivity index (χ1) is 8.18. The number of hydrogen-bond donors (Lipinski definition) is 0. The highest BCUT2D eigenvalue weighted by Crippen LogP contribution is 2.31. The van der Waals surface area contributed by atoms with E-state index < -0.39 is 10.8 Å². The van der Waals surface area contributed by atoms with E-state index in [4.69, 9.17) is 11.6 Å². The van der Waals surface area contributed by atoms with Crippen molar-refractivity contribution in [2.24, 2.45) is 0 Å². The molecule has 0 radical (unpaired) electrons. The molecule has 0 N–H and O–H groups in total. The highest BCUT2D eigenvalue weighted by molar-refractivity contribution is 7.90. The van der Waals surface area contributed by atoms with Crippen molar-refractivity contribution in [2.75, 3.05) is 0 Å². The Bertz CT molecular complexity index is 440. The maximum Gasteiger partial charge on any atom is 0.109 e. The molecule has 1 fully saturated rings. The Morgan fingerprint density at radius 1 is 1.12 bits per heavy atom. The SMILES string of the molecule is Cc1ccc([S@@](=O)C(Cl)=C2CCCCC2)cc1. The van der Waals surface area contributed by atoms with Crippen molar-refractivity contribution in [3.8, 4) is 0 Å². The van der Waals surface area contributed by atoms with Crippen molar-refractivity contribution >= 4 is 22.4 Å². The molecule has 3 heteroatoms. The molecule has 1 nitrogen and oxygen atoms in total. The lowest BCUT2D eigenvalue weighted by Crippen LogP contribution is -2.00. The Hall–Kier alpha value is -0.600. The first kappa shape index (κ1) is 12.8. The van der Waals surface area contributed by atoms with Gasteiger partial charge < -0.3 is 0 Å². The van der Waals surface area contributed by atoms with E-state index in [1.54, 1.807) is 0 Å². The summed E-state index contributed by atoms with van der Waals surface area (Å²) in [6.45, 7) is 2.02. The van der Waals surface area contributed by atoms with Crippen LogP contribution in [-0.2, 0) is 10.8 Å². The third-order valence-electron chi connectivity index (χ3n) is 3.13. The van der Waals surface area contributed by atoms with E-state index in [2.05, 4.69) is 0 Å². The molecule has 0 aromatic heterocycles. The summed E-state index contributed by atoms with van der Waals surface area (Å²) in [4.78, 5) is 0.804. The summed E-state index contributed by atoms with van der Waals surface area (Å²) in [5.41, 5.74) is 2.36. The van der Waals surface area contributed by atoms with Crippen molar-refractivity contribution < 1.29 is 4.21 Å². The van der Waals surface area contributed by atoms with Crippen LogP contribution in [0.3, 0.4) is 0 Å². The molecule has 0 heterocycles. The van der Waals surface area contributed by atoms with Crippen LogP contribution in [-0.4, -0.2) is 4.21 Å². The fraction of sp³-hybridized carbons (Fsp3) is 0.429. The molecule has 17 heavy (non-hydrogen) atoms. The van der Waals surface area contributed by atoms with E-state index in [-0.39, 0.29) is 0 Å². The lowest BCUT2D eigenvalue weighted by atomic mass is 9.96. The molecule has 1 aliphatic rings. The van der Waals surface area contributed by atoms with Crippen molar-refractivity contribution in [1.29, 1.82) is 0 Å². The zero-order valence-electron chi connectivity index (χ0n) is 10.0. The Morgan fingerprint density at radius 2 is 1.71 bits per heavy atom. The summed E-state index contributed by atoms with van der Waals surface area (Å²) in [5, 5.41) is 0.